The first-order valence-electron chi connectivity index (χ1n) is 6.79. The first kappa shape index (κ1) is 16.8. The minimum atomic E-state index is 0. The van der Waals surface area contributed by atoms with E-state index in [4.69, 9.17) is 10.5 Å². The summed E-state index contributed by atoms with van der Waals surface area (Å²) in [4.78, 5) is 13.7. The molecule has 1 amide bonds. The zero-order valence-corrected chi connectivity index (χ0v) is 12.9. The van der Waals surface area contributed by atoms with Crippen molar-refractivity contribution in [1.82, 2.24) is 4.90 Å². The average molecular weight is 299 g/mol. The molecular weight excluding hydrogens is 276 g/mol. The van der Waals surface area contributed by atoms with Gasteiger partial charge in [-0.25, -0.2) is 0 Å². The summed E-state index contributed by atoms with van der Waals surface area (Å²) >= 11 is 0. The Morgan fingerprint density at radius 2 is 2.15 bits per heavy atom. The fraction of sp³-hybridized carbons (Fsp3) is 0.533. The number of halogens is 1. The van der Waals surface area contributed by atoms with Crippen LogP contribution >= 0.6 is 12.4 Å². The summed E-state index contributed by atoms with van der Waals surface area (Å²) in [5.74, 6) is 0.964. The Morgan fingerprint density at radius 1 is 1.40 bits per heavy atom. The molecule has 0 radical (unpaired) electrons. The number of carbonyl (C=O) groups is 1. The number of carbonyl (C=O) groups excluding carboxylic acids is 1. The minimum absolute atomic E-state index is 0. The van der Waals surface area contributed by atoms with Crippen molar-refractivity contribution in [1.29, 1.82) is 0 Å². The number of ether oxygens (including phenoxy) is 1. The largest absolute Gasteiger partial charge is 0.493 e. The van der Waals surface area contributed by atoms with E-state index in [2.05, 4.69) is 13.8 Å². The molecule has 0 aromatic heterocycles. The van der Waals surface area contributed by atoms with E-state index in [9.17, 15) is 4.79 Å². The van der Waals surface area contributed by atoms with E-state index in [1.165, 1.54) is 11.1 Å². The smallest absolute Gasteiger partial charge is 0.226 e. The molecule has 5 heteroatoms. The molecule has 0 spiro atoms. The third kappa shape index (κ3) is 4.39. The van der Waals surface area contributed by atoms with Crippen LogP contribution < -0.4 is 10.5 Å². The fourth-order valence-electron chi connectivity index (χ4n) is 2.23. The van der Waals surface area contributed by atoms with Gasteiger partial charge in [-0.15, -0.1) is 12.4 Å². The number of nitrogens with two attached hydrogens (primary N) is 1. The van der Waals surface area contributed by atoms with Crippen LogP contribution in [0.5, 0.6) is 5.75 Å². The molecule has 20 heavy (non-hydrogen) atoms. The molecule has 1 saturated heterocycles. The summed E-state index contributed by atoms with van der Waals surface area (Å²) in [5.41, 5.74) is 8.24. The van der Waals surface area contributed by atoms with Gasteiger partial charge in [-0.1, -0.05) is 6.07 Å². The molecule has 1 aliphatic heterocycles. The van der Waals surface area contributed by atoms with Gasteiger partial charge in [0.15, 0.2) is 0 Å². The van der Waals surface area contributed by atoms with E-state index in [0.29, 0.717) is 19.6 Å². The zero-order valence-electron chi connectivity index (χ0n) is 12.1. The van der Waals surface area contributed by atoms with Crippen molar-refractivity contribution in [3.63, 3.8) is 0 Å². The lowest BCUT2D eigenvalue weighted by Gasteiger charge is -2.16. The van der Waals surface area contributed by atoms with E-state index in [1.807, 2.05) is 23.1 Å². The van der Waals surface area contributed by atoms with Crippen LogP contribution in [0.25, 0.3) is 0 Å². The summed E-state index contributed by atoms with van der Waals surface area (Å²) in [6.45, 7) is 6.01. The molecule has 112 valence electrons. The standard InChI is InChI=1S/C15H22N2O2.ClH/c1-11-3-4-14(9-12(11)2)19-8-6-15(18)17-7-5-13(16)10-17;/h3-4,9,13H,5-8,10,16H2,1-2H3;1H/t13-;/m1./s1. The lowest BCUT2D eigenvalue weighted by atomic mass is 10.1. The minimum Gasteiger partial charge on any atom is -0.493 e. The van der Waals surface area contributed by atoms with Crippen LogP contribution in [0.3, 0.4) is 0 Å². The predicted octanol–water partition coefficient (Wildman–Crippen LogP) is 2.05. The van der Waals surface area contributed by atoms with Crippen molar-refractivity contribution in [3.05, 3.63) is 29.3 Å². The zero-order chi connectivity index (χ0) is 13.8. The summed E-state index contributed by atoms with van der Waals surface area (Å²) in [7, 11) is 0. The highest BCUT2D eigenvalue weighted by atomic mass is 35.5. The number of benzene rings is 1. The Balaban J connectivity index is 0.00000200. The van der Waals surface area contributed by atoms with Crippen LogP contribution in [0.15, 0.2) is 18.2 Å². The second-order valence-corrected chi connectivity index (χ2v) is 5.23. The van der Waals surface area contributed by atoms with Crippen molar-refractivity contribution < 1.29 is 9.53 Å². The van der Waals surface area contributed by atoms with Gasteiger partial charge in [-0.3, -0.25) is 4.79 Å². The number of hydrogen-bond acceptors (Lipinski definition) is 3. The Bertz CT molecular complexity index is 465. The quantitative estimate of drug-likeness (QED) is 0.925. The predicted molar refractivity (Wildman–Crippen MR) is 82.4 cm³/mol. The Hall–Kier alpha value is -1.26. The van der Waals surface area contributed by atoms with Gasteiger partial charge in [-0.2, -0.15) is 0 Å². The number of nitrogens with zero attached hydrogens (tertiary/aromatic N) is 1. The normalized spacial score (nSPS) is 17.8. The number of hydrogen-bond donors (Lipinski definition) is 1. The molecule has 1 heterocycles. The third-order valence-corrected chi connectivity index (χ3v) is 3.64. The fourth-order valence-corrected chi connectivity index (χ4v) is 2.23. The van der Waals surface area contributed by atoms with Gasteiger partial charge in [-0.05, 0) is 43.5 Å². The molecular formula is C15H23ClN2O2. The second-order valence-electron chi connectivity index (χ2n) is 5.23. The van der Waals surface area contributed by atoms with E-state index < -0.39 is 0 Å². The lowest BCUT2D eigenvalue weighted by molar-refractivity contribution is -0.130. The second kappa shape index (κ2) is 7.50. The van der Waals surface area contributed by atoms with E-state index in [-0.39, 0.29) is 24.4 Å². The lowest BCUT2D eigenvalue weighted by Crippen LogP contribution is -2.32. The highest BCUT2D eigenvalue weighted by Gasteiger charge is 2.23. The molecule has 0 saturated carbocycles. The monoisotopic (exact) mass is 298 g/mol. The van der Waals surface area contributed by atoms with Crippen LogP contribution in [0.1, 0.15) is 24.0 Å². The van der Waals surface area contributed by atoms with Gasteiger partial charge in [0.05, 0.1) is 13.0 Å². The first-order chi connectivity index (χ1) is 9.06. The van der Waals surface area contributed by atoms with Crippen molar-refractivity contribution >= 4 is 18.3 Å². The van der Waals surface area contributed by atoms with Crippen molar-refractivity contribution in [2.24, 2.45) is 5.73 Å². The average Bonchev–Trinajstić information content (AvgIpc) is 2.80. The molecule has 1 aliphatic rings. The number of rotatable bonds is 4. The Labute approximate surface area is 126 Å². The van der Waals surface area contributed by atoms with Gasteiger partial charge in [0.1, 0.15) is 5.75 Å². The van der Waals surface area contributed by atoms with E-state index in [0.717, 1.165) is 18.7 Å². The highest BCUT2D eigenvalue weighted by molar-refractivity contribution is 5.85. The van der Waals surface area contributed by atoms with Gasteiger partial charge >= 0.3 is 0 Å². The number of aryl methyl sites for hydroxylation is 2. The topological polar surface area (TPSA) is 55.6 Å². The third-order valence-electron chi connectivity index (χ3n) is 3.64. The van der Waals surface area contributed by atoms with Crippen molar-refractivity contribution in [2.45, 2.75) is 32.7 Å². The van der Waals surface area contributed by atoms with Crippen LogP contribution in [-0.2, 0) is 4.79 Å². The summed E-state index contributed by atoms with van der Waals surface area (Å²) in [6.07, 6.45) is 1.32. The van der Waals surface area contributed by atoms with Gasteiger partial charge in [0.25, 0.3) is 0 Å². The van der Waals surface area contributed by atoms with Crippen LogP contribution in [0.2, 0.25) is 0 Å². The maximum atomic E-state index is 11.9. The van der Waals surface area contributed by atoms with Crippen LogP contribution in [-0.4, -0.2) is 36.5 Å². The molecule has 1 atom stereocenters. The molecule has 4 nitrogen and oxygen atoms in total. The summed E-state index contributed by atoms with van der Waals surface area (Å²) in [5, 5.41) is 0. The van der Waals surface area contributed by atoms with Gasteiger partial charge in [0.2, 0.25) is 5.91 Å². The molecule has 0 unspecified atom stereocenters. The van der Waals surface area contributed by atoms with Gasteiger partial charge in [0, 0.05) is 19.1 Å². The molecule has 1 aromatic rings. The van der Waals surface area contributed by atoms with Crippen LogP contribution in [0, 0.1) is 13.8 Å². The Morgan fingerprint density at radius 3 is 2.75 bits per heavy atom. The molecule has 1 aromatic carbocycles. The number of likely N-dealkylation sites (tertiary alicyclic amines) is 1. The SMILES string of the molecule is Cc1ccc(OCCC(=O)N2CC[C@@H](N)C2)cc1C.Cl. The molecule has 0 aliphatic carbocycles. The first-order valence-corrected chi connectivity index (χ1v) is 6.79. The summed E-state index contributed by atoms with van der Waals surface area (Å²) < 4.78 is 5.62. The summed E-state index contributed by atoms with van der Waals surface area (Å²) in [6, 6.07) is 6.13. The number of amides is 1. The molecule has 2 rings (SSSR count). The highest BCUT2D eigenvalue weighted by Crippen LogP contribution is 2.17. The van der Waals surface area contributed by atoms with Crippen LogP contribution in [0.4, 0.5) is 0 Å². The Kier molecular flexibility index (Phi) is 6.30. The van der Waals surface area contributed by atoms with E-state index >= 15 is 0 Å². The van der Waals surface area contributed by atoms with Gasteiger partial charge < -0.3 is 15.4 Å². The van der Waals surface area contributed by atoms with Crippen molar-refractivity contribution in [2.75, 3.05) is 19.7 Å². The molecule has 0 bridgehead atoms. The van der Waals surface area contributed by atoms with Crippen molar-refractivity contribution in [3.8, 4) is 5.75 Å². The molecule has 2 N–H and O–H groups in total. The molecule has 1 fully saturated rings. The maximum Gasteiger partial charge on any atom is 0.226 e. The van der Waals surface area contributed by atoms with E-state index in [1.54, 1.807) is 0 Å². The maximum absolute atomic E-state index is 11.9.